The van der Waals surface area contributed by atoms with Crippen LogP contribution in [0.4, 0.5) is 10.3 Å². The molecule has 3 fully saturated rings. The molecule has 0 saturated heterocycles. The van der Waals surface area contributed by atoms with Crippen LogP contribution in [0.2, 0.25) is 0 Å². The van der Waals surface area contributed by atoms with Gasteiger partial charge in [0, 0.05) is 6.54 Å². The Morgan fingerprint density at radius 3 is 2.75 bits per heavy atom. The number of rotatable bonds is 7. The molecule has 3 aliphatic carbocycles. The molecule has 2 bridgehead atoms. The number of ether oxygens (including phenoxy) is 1. The SMILES string of the molecule is CCOc1ccc2ccccc2c1C(=O)Nc1nnc(NCC2CCC3CC2C3(C)C)s1. The van der Waals surface area contributed by atoms with Crippen molar-refractivity contribution in [2.24, 2.45) is 23.2 Å². The second kappa shape index (κ2) is 8.35. The van der Waals surface area contributed by atoms with E-state index in [4.69, 9.17) is 4.74 Å². The van der Waals surface area contributed by atoms with Gasteiger partial charge >= 0.3 is 0 Å². The number of aromatic nitrogens is 2. The molecule has 2 aromatic carbocycles. The number of nitrogens with one attached hydrogen (secondary N) is 2. The van der Waals surface area contributed by atoms with Gasteiger partial charge in [-0.2, -0.15) is 0 Å². The molecule has 1 aromatic heterocycles. The zero-order valence-corrected chi connectivity index (χ0v) is 19.7. The van der Waals surface area contributed by atoms with Gasteiger partial charge in [0.25, 0.3) is 5.91 Å². The van der Waals surface area contributed by atoms with Crippen LogP contribution in [0.5, 0.6) is 5.75 Å². The number of hydrogen-bond donors (Lipinski definition) is 2. The number of fused-ring (bicyclic) bond motifs is 3. The van der Waals surface area contributed by atoms with Crippen LogP contribution in [0, 0.1) is 23.2 Å². The Bertz CT molecular complexity index is 1140. The number of amides is 1. The van der Waals surface area contributed by atoms with Gasteiger partial charge in [0.1, 0.15) is 5.75 Å². The van der Waals surface area contributed by atoms with Crippen molar-refractivity contribution >= 4 is 38.3 Å². The molecule has 3 unspecified atom stereocenters. The topological polar surface area (TPSA) is 76.1 Å². The first-order valence-electron chi connectivity index (χ1n) is 11.5. The fourth-order valence-electron chi connectivity index (χ4n) is 5.69. The number of benzene rings is 2. The molecular formula is C25H30N4O2S. The number of carbonyl (C=O) groups is 1. The molecule has 3 aliphatic rings. The molecule has 3 aromatic rings. The summed E-state index contributed by atoms with van der Waals surface area (Å²) >= 11 is 1.38. The summed E-state index contributed by atoms with van der Waals surface area (Å²) in [5.74, 6) is 2.72. The molecule has 7 heteroatoms. The maximum atomic E-state index is 13.2. The lowest BCUT2D eigenvalue weighted by molar-refractivity contribution is -0.100. The minimum Gasteiger partial charge on any atom is -0.493 e. The standard InChI is InChI=1S/C25H30N4O2S/c1-4-31-20-12-10-15-7-5-6-8-18(15)21(20)22(30)27-24-29-28-23(32-24)26-14-16-9-11-17-13-19(16)25(17,2)3/h5-8,10,12,16-17,19H,4,9,11,13-14H2,1-3H3,(H,26,28)(H,27,29,30). The average Bonchev–Trinajstić information content (AvgIpc) is 3.24. The molecule has 1 amide bonds. The minimum atomic E-state index is -0.234. The van der Waals surface area contributed by atoms with E-state index in [0.29, 0.717) is 34.4 Å². The molecule has 0 radical (unpaired) electrons. The summed E-state index contributed by atoms with van der Waals surface area (Å²) in [7, 11) is 0. The minimum absolute atomic E-state index is 0.234. The molecular weight excluding hydrogens is 420 g/mol. The largest absolute Gasteiger partial charge is 0.493 e. The molecule has 1 heterocycles. The van der Waals surface area contributed by atoms with Crippen LogP contribution >= 0.6 is 11.3 Å². The third-order valence-corrected chi connectivity index (χ3v) is 8.38. The van der Waals surface area contributed by atoms with Gasteiger partial charge in [0.15, 0.2) is 0 Å². The van der Waals surface area contributed by atoms with Crippen molar-refractivity contribution in [3.63, 3.8) is 0 Å². The number of hydrogen-bond acceptors (Lipinski definition) is 6. The maximum absolute atomic E-state index is 13.2. The number of nitrogens with zero attached hydrogens (tertiary/aromatic N) is 2. The average molecular weight is 451 g/mol. The molecule has 2 N–H and O–H groups in total. The van der Waals surface area contributed by atoms with Crippen molar-refractivity contribution in [2.75, 3.05) is 23.8 Å². The molecule has 3 saturated carbocycles. The first kappa shape index (κ1) is 21.2. The summed E-state index contributed by atoms with van der Waals surface area (Å²) in [4.78, 5) is 13.2. The highest BCUT2D eigenvalue weighted by molar-refractivity contribution is 7.19. The van der Waals surface area contributed by atoms with E-state index < -0.39 is 0 Å². The second-order valence-corrected chi connectivity index (χ2v) is 10.5. The third-order valence-electron chi connectivity index (χ3n) is 7.58. The molecule has 0 aliphatic heterocycles. The molecule has 6 nitrogen and oxygen atoms in total. The van der Waals surface area contributed by atoms with E-state index in [-0.39, 0.29) is 5.91 Å². The Morgan fingerprint density at radius 1 is 1.16 bits per heavy atom. The van der Waals surface area contributed by atoms with Crippen LogP contribution in [0.3, 0.4) is 0 Å². The highest BCUT2D eigenvalue weighted by atomic mass is 32.1. The first-order chi connectivity index (χ1) is 15.5. The zero-order chi connectivity index (χ0) is 22.3. The molecule has 0 spiro atoms. The van der Waals surface area contributed by atoms with Crippen LogP contribution in [-0.2, 0) is 0 Å². The van der Waals surface area contributed by atoms with E-state index in [2.05, 4.69) is 34.7 Å². The highest BCUT2D eigenvalue weighted by Crippen LogP contribution is 2.61. The van der Waals surface area contributed by atoms with E-state index in [1.807, 2.05) is 43.3 Å². The Labute approximate surface area is 192 Å². The van der Waals surface area contributed by atoms with Gasteiger partial charge in [-0.3, -0.25) is 10.1 Å². The summed E-state index contributed by atoms with van der Waals surface area (Å²) in [5, 5.41) is 17.9. The van der Waals surface area contributed by atoms with Crippen molar-refractivity contribution in [2.45, 2.75) is 40.0 Å². The lowest BCUT2D eigenvalue weighted by Gasteiger charge is -2.60. The summed E-state index contributed by atoms with van der Waals surface area (Å²) in [6.45, 7) is 8.16. The predicted molar refractivity (Wildman–Crippen MR) is 130 cm³/mol. The fraction of sp³-hybridized carbons (Fsp3) is 0.480. The van der Waals surface area contributed by atoms with Crippen LogP contribution < -0.4 is 15.4 Å². The van der Waals surface area contributed by atoms with Gasteiger partial charge in [-0.05, 0) is 66.2 Å². The molecule has 168 valence electrons. The van der Waals surface area contributed by atoms with Gasteiger partial charge in [-0.1, -0.05) is 55.5 Å². The van der Waals surface area contributed by atoms with Crippen molar-refractivity contribution in [3.05, 3.63) is 42.0 Å². The number of carbonyl (C=O) groups excluding carboxylic acids is 1. The van der Waals surface area contributed by atoms with Gasteiger partial charge in [0.2, 0.25) is 10.3 Å². The van der Waals surface area contributed by atoms with Gasteiger partial charge in [-0.15, -0.1) is 10.2 Å². The monoisotopic (exact) mass is 450 g/mol. The van der Waals surface area contributed by atoms with Gasteiger partial charge < -0.3 is 10.1 Å². The Morgan fingerprint density at radius 2 is 1.97 bits per heavy atom. The van der Waals surface area contributed by atoms with E-state index in [1.54, 1.807) is 0 Å². The van der Waals surface area contributed by atoms with Crippen molar-refractivity contribution in [1.82, 2.24) is 10.2 Å². The van der Waals surface area contributed by atoms with Crippen molar-refractivity contribution < 1.29 is 9.53 Å². The maximum Gasteiger partial charge on any atom is 0.261 e. The van der Waals surface area contributed by atoms with E-state index in [0.717, 1.165) is 34.3 Å². The van der Waals surface area contributed by atoms with Gasteiger partial charge in [-0.25, -0.2) is 0 Å². The smallest absolute Gasteiger partial charge is 0.261 e. The summed E-state index contributed by atoms with van der Waals surface area (Å²) in [5.41, 5.74) is 1.00. The van der Waals surface area contributed by atoms with E-state index in [9.17, 15) is 4.79 Å². The van der Waals surface area contributed by atoms with E-state index in [1.165, 1.54) is 30.6 Å². The Balaban J connectivity index is 1.28. The van der Waals surface area contributed by atoms with Crippen molar-refractivity contribution in [1.29, 1.82) is 0 Å². The lowest BCUT2D eigenvalue weighted by atomic mass is 9.45. The zero-order valence-electron chi connectivity index (χ0n) is 18.9. The summed E-state index contributed by atoms with van der Waals surface area (Å²) in [6.07, 6.45) is 3.99. The molecule has 3 atom stereocenters. The number of anilines is 2. The molecule has 6 rings (SSSR count). The quantitative estimate of drug-likeness (QED) is 0.474. The van der Waals surface area contributed by atoms with Crippen molar-refractivity contribution in [3.8, 4) is 5.75 Å². The predicted octanol–water partition coefficient (Wildman–Crippen LogP) is 5.83. The summed E-state index contributed by atoms with van der Waals surface area (Å²) in [6, 6.07) is 11.6. The van der Waals surface area contributed by atoms with E-state index >= 15 is 0 Å². The lowest BCUT2D eigenvalue weighted by Crippen LogP contribution is -2.53. The van der Waals surface area contributed by atoms with Gasteiger partial charge in [0.05, 0.1) is 12.2 Å². The summed E-state index contributed by atoms with van der Waals surface area (Å²) < 4.78 is 5.74. The van der Waals surface area contributed by atoms with Crippen LogP contribution in [0.25, 0.3) is 10.8 Å². The van der Waals surface area contributed by atoms with Crippen LogP contribution in [-0.4, -0.2) is 29.3 Å². The van der Waals surface area contributed by atoms with Crippen LogP contribution in [0.15, 0.2) is 36.4 Å². The highest BCUT2D eigenvalue weighted by Gasteiger charge is 2.53. The third kappa shape index (κ3) is 3.72. The Kier molecular flexibility index (Phi) is 5.53. The molecule has 32 heavy (non-hydrogen) atoms. The normalized spacial score (nSPS) is 23.4. The first-order valence-corrected chi connectivity index (χ1v) is 12.3. The second-order valence-electron chi connectivity index (χ2n) is 9.54. The fourth-order valence-corrected chi connectivity index (χ4v) is 6.34. The van der Waals surface area contributed by atoms with Crippen LogP contribution in [0.1, 0.15) is 50.4 Å². The Hall–Kier alpha value is -2.67.